The maximum absolute atomic E-state index is 5.31. The SMILES string of the molecule is C=C(C)OCc1ccc(CC)cc1.N. The zero-order chi connectivity index (χ0) is 9.68. The van der Waals surface area contributed by atoms with Crippen LogP contribution in [0, 0.1) is 0 Å². The maximum atomic E-state index is 5.31. The van der Waals surface area contributed by atoms with Gasteiger partial charge in [-0.3, -0.25) is 0 Å². The van der Waals surface area contributed by atoms with Gasteiger partial charge in [-0.25, -0.2) is 0 Å². The van der Waals surface area contributed by atoms with Gasteiger partial charge in [0.1, 0.15) is 6.61 Å². The van der Waals surface area contributed by atoms with E-state index in [1.807, 2.05) is 6.92 Å². The van der Waals surface area contributed by atoms with E-state index in [2.05, 4.69) is 37.8 Å². The van der Waals surface area contributed by atoms with Crippen molar-refractivity contribution < 1.29 is 4.74 Å². The lowest BCUT2D eigenvalue weighted by molar-refractivity contribution is 0.202. The highest BCUT2D eigenvalue weighted by molar-refractivity contribution is 5.21. The van der Waals surface area contributed by atoms with Crippen molar-refractivity contribution in [3.05, 3.63) is 47.7 Å². The normalized spacial score (nSPS) is 9.00. The average Bonchev–Trinajstić information content (AvgIpc) is 2.15. The predicted octanol–water partition coefficient (Wildman–Crippen LogP) is 3.46. The molecule has 0 heterocycles. The molecule has 0 aliphatic carbocycles. The second-order valence-corrected chi connectivity index (χ2v) is 3.16. The van der Waals surface area contributed by atoms with Crippen LogP contribution in [-0.2, 0) is 17.8 Å². The summed E-state index contributed by atoms with van der Waals surface area (Å²) in [6.07, 6.45) is 1.08. The van der Waals surface area contributed by atoms with Crippen LogP contribution in [0.2, 0.25) is 0 Å². The molecule has 0 unspecified atom stereocenters. The molecular formula is C12H19NO. The molecule has 0 aromatic heterocycles. The van der Waals surface area contributed by atoms with Crippen molar-refractivity contribution in [1.82, 2.24) is 6.15 Å². The van der Waals surface area contributed by atoms with Crippen LogP contribution < -0.4 is 6.15 Å². The third kappa shape index (κ3) is 4.10. The molecule has 0 atom stereocenters. The Balaban J connectivity index is 0.00000169. The average molecular weight is 193 g/mol. The predicted molar refractivity (Wildman–Crippen MR) is 60.4 cm³/mol. The summed E-state index contributed by atoms with van der Waals surface area (Å²) in [6.45, 7) is 8.32. The highest BCUT2D eigenvalue weighted by Crippen LogP contribution is 2.07. The van der Waals surface area contributed by atoms with E-state index in [-0.39, 0.29) is 6.15 Å². The molecule has 0 amide bonds. The van der Waals surface area contributed by atoms with Crippen molar-refractivity contribution >= 4 is 0 Å². The molecule has 0 aliphatic heterocycles. The van der Waals surface area contributed by atoms with Crippen LogP contribution in [-0.4, -0.2) is 0 Å². The second-order valence-electron chi connectivity index (χ2n) is 3.16. The number of benzene rings is 1. The van der Waals surface area contributed by atoms with Crippen LogP contribution in [0.15, 0.2) is 36.6 Å². The molecule has 1 rings (SSSR count). The van der Waals surface area contributed by atoms with Crippen molar-refractivity contribution in [3.8, 4) is 0 Å². The first-order chi connectivity index (χ1) is 6.22. The van der Waals surface area contributed by atoms with Crippen molar-refractivity contribution in [2.45, 2.75) is 26.9 Å². The molecule has 0 saturated heterocycles. The van der Waals surface area contributed by atoms with E-state index >= 15 is 0 Å². The van der Waals surface area contributed by atoms with Gasteiger partial charge in [0.15, 0.2) is 0 Å². The quantitative estimate of drug-likeness (QED) is 0.744. The first-order valence-corrected chi connectivity index (χ1v) is 4.58. The lowest BCUT2D eigenvalue weighted by Gasteiger charge is -2.05. The van der Waals surface area contributed by atoms with E-state index in [0.29, 0.717) is 6.61 Å². The van der Waals surface area contributed by atoms with Gasteiger partial charge in [0.05, 0.1) is 5.76 Å². The molecule has 2 heteroatoms. The van der Waals surface area contributed by atoms with E-state index in [0.717, 1.165) is 12.2 Å². The third-order valence-corrected chi connectivity index (χ3v) is 1.92. The molecule has 0 fully saturated rings. The zero-order valence-corrected chi connectivity index (χ0v) is 9.05. The van der Waals surface area contributed by atoms with Crippen molar-refractivity contribution in [1.29, 1.82) is 0 Å². The Bertz CT molecular complexity index is 277. The summed E-state index contributed by atoms with van der Waals surface area (Å²) in [5.74, 6) is 0.763. The summed E-state index contributed by atoms with van der Waals surface area (Å²) >= 11 is 0. The van der Waals surface area contributed by atoms with Gasteiger partial charge in [-0.15, -0.1) is 0 Å². The van der Waals surface area contributed by atoms with Gasteiger partial charge in [0.25, 0.3) is 0 Å². The fourth-order valence-electron chi connectivity index (χ4n) is 1.08. The molecule has 78 valence electrons. The molecule has 0 radical (unpaired) electrons. The van der Waals surface area contributed by atoms with Crippen molar-refractivity contribution in [2.24, 2.45) is 0 Å². The van der Waals surface area contributed by atoms with E-state index in [4.69, 9.17) is 4.74 Å². The van der Waals surface area contributed by atoms with E-state index in [1.165, 1.54) is 11.1 Å². The molecule has 3 N–H and O–H groups in total. The Morgan fingerprint density at radius 3 is 2.14 bits per heavy atom. The maximum Gasteiger partial charge on any atom is 0.113 e. The monoisotopic (exact) mass is 193 g/mol. The van der Waals surface area contributed by atoms with Crippen LogP contribution in [0.1, 0.15) is 25.0 Å². The number of hydrogen-bond donors (Lipinski definition) is 1. The Hall–Kier alpha value is -1.28. The number of rotatable bonds is 4. The van der Waals surface area contributed by atoms with Crippen LogP contribution in [0.4, 0.5) is 0 Å². The summed E-state index contributed by atoms with van der Waals surface area (Å²) < 4.78 is 5.31. The smallest absolute Gasteiger partial charge is 0.113 e. The van der Waals surface area contributed by atoms with Gasteiger partial charge in [-0.05, 0) is 24.5 Å². The zero-order valence-electron chi connectivity index (χ0n) is 9.05. The highest BCUT2D eigenvalue weighted by atomic mass is 16.5. The molecule has 0 bridgehead atoms. The summed E-state index contributed by atoms with van der Waals surface area (Å²) in [4.78, 5) is 0. The number of aryl methyl sites for hydroxylation is 1. The molecular weight excluding hydrogens is 174 g/mol. The first kappa shape index (κ1) is 12.7. The number of hydrogen-bond acceptors (Lipinski definition) is 2. The van der Waals surface area contributed by atoms with Gasteiger partial charge in [0, 0.05) is 0 Å². The van der Waals surface area contributed by atoms with Crippen LogP contribution in [0.5, 0.6) is 0 Å². The first-order valence-electron chi connectivity index (χ1n) is 4.58. The van der Waals surface area contributed by atoms with Gasteiger partial charge in [-0.1, -0.05) is 37.8 Å². The van der Waals surface area contributed by atoms with Crippen molar-refractivity contribution in [2.75, 3.05) is 0 Å². The summed E-state index contributed by atoms with van der Waals surface area (Å²) in [5, 5.41) is 0. The van der Waals surface area contributed by atoms with Gasteiger partial charge in [-0.2, -0.15) is 0 Å². The molecule has 1 aromatic rings. The minimum atomic E-state index is 0. The van der Waals surface area contributed by atoms with E-state index < -0.39 is 0 Å². The van der Waals surface area contributed by atoms with Crippen LogP contribution >= 0.6 is 0 Å². The van der Waals surface area contributed by atoms with Crippen LogP contribution in [0.3, 0.4) is 0 Å². The molecule has 0 aliphatic rings. The number of ether oxygens (including phenoxy) is 1. The molecule has 0 saturated carbocycles. The molecule has 1 aromatic carbocycles. The summed E-state index contributed by atoms with van der Waals surface area (Å²) in [6, 6.07) is 8.47. The Morgan fingerprint density at radius 2 is 1.71 bits per heavy atom. The molecule has 2 nitrogen and oxygen atoms in total. The fraction of sp³-hybridized carbons (Fsp3) is 0.333. The largest absolute Gasteiger partial charge is 0.494 e. The lowest BCUT2D eigenvalue weighted by Crippen LogP contribution is -1.90. The third-order valence-electron chi connectivity index (χ3n) is 1.92. The van der Waals surface area contributed by atoms with E-state index in [9.17, 15) is 0 Å². The van der Waals surface area contributed by atoms with Gasteiger partial charge < -0.3 is 10.9 Å². The van der Waals surface area contributed by atoms with Crippen molar-refractivity contribution in [3.63, 3.8) is 0 Å². The van der Waals surface area contributed by atoms with Gasteiger partial charge in [0.2, 0.25) is 0 Å². The minimum Gasteiger partial charge on any atom is -0.494 e. The Morgan fingerprint density at radius 1 is 1.21 bits per heavy atom. The van der Waals surface area contributed by atoms with Crippen LogP contribution in [0.25, 0.3) is 0 Å². The molecule has 0 spiro atoms. The van der Waals surface area contributed by atoms with E-state index in [1.54, 1.807) is 0 Å². The number of allylic oxidation sites excluding steroid dienone is 1. The van der Waals surface area contributed by atoms with Gasteiger partial charge >= 0.3 is 0 Å². The lowest BCUT2D eigenvalue weighted by atomic mass is 10.1. The molecule has 14 heavy (non-hydrogen) atoms. The summed E-state index contributed by atoms with van der Waals surface area (Å²) in [5.41, 5.74) is 2.55. The summed E-state index contributed by atoms with van der Waals surface area (Å²) in [7, 11) is 0. The highest BCUT2D eigenvalue weighted by Gasteiger charge is 1.93. The second kappa shape index (κ2) is 6.22. The fourth-order valence-corrected chi connectivity index (χ4v) is 1.08. The standard InChI is InChI=1S/C12H16O.H3N/c1-4-11-5-7-12(8-6-11)9-13-10(2)3;/h5-8H,2,4,9H2,1,3H3;1H3. The Labute approximate surface area is 86.2 Å². The Kier molecular flexibility index (Phi) is 5.65. The minimum absolute atomic E-state index is 0. The topological polar surface area (TPSA) is 44.2 Å².